The molecule has 1 N–H and O–H groups in total. The quantitative estimate of drug-likeness (QED) is 0.711. The molecule has 0 amide bonds. The Labute approximate surface area is 112 Å². The predicted octanol–water partition coefficient (Wildman–Crippen LogP) is 3.57. The number of ether oxygens (including phenoxy) is 1. The maximum atomic E-state index is 5.42. The maximum Gasteiger partial charge on any atom is 0.122 e. The van der Waals surface area contributed by atoms with E-state index in [1.54, 1.807) is 7.11 Å². The third-order valence-electron chi connectivity index (χ3n) is 3.41. The van der Waals surface area contributed by atoms with Crippen LogP contribution in [0, 0.1) is 12.8 Å². The van der Waals surface area contributed by atoms with Crippen LogP contribution in [-0.2, 0) is 6.42 Å². The monoisotopic (exact) mass is 249 g/mol. The van der Waals surface area contributed by atoms with E-state index < -0.39 is 0 Å². The summed E-state index contributed by atoms with van der Waals surface area (Å²) in [5.74, 6) is 1.79. The largest absolute Gasteiger partial charge is 0.496 e. The molecule has 0 saturated carbocycles. The first kappa shape index (κ1) is 15.0. The third kappa shape index (κ3) is 5.09. The molecule has 0 aliphatic rings. The lowest BCUT2D eigenvalue weighted by Gasteiger charge is -2.14. The highest BCUT2D eigenvalue weighted by atomic mass is 16.5. The Bertz CT molecular complexity index is 349. The maximum absolute atomic E-state index is 5.42. The van der Waals surface area contributed by atoms with Crippen LogP contribution in [-0.4, -0.2) is 20.2 Å². The van der Waals surface area contributed by atoms with Gasteiger partial charge in [0.15, 0.2) is 0 Å². The smallest absolute Gasteiger partial charge is 0.122 e. The van der Waals surface area contributed by atoms with Gasteiger partial charge in [0.05, 0.1) is 7.11 Å². The van der Waals surface area contributed by atoms with Crippen molar-refractivity contribution in [3.63, 3.8) is 0 Å². The fourth-order valence-electron chi connectivity index (χ4n) is 2.17. The lowest BCUT2D eigenvalue weighted by atomic mass is 9.97. The minimum atomic E-state index is 0.759. The molecular weight excluding hydrogens is 222 g/mol. The van der Waals surface area contributed by atoms with Crippen molar-refractivity contribution in [3.8, 4) is 5.75 Å². The van der Waals surface area contributed by atoms with Gasteiger partial charge >= 0.3 is 0 Å². The minimum absolute atomic E-state index is 0.759. The van der Waals surface area contributed by atoms with Gasteiger partial charge in [-0.3, -0.25) is 0 Å². The van der Waals surface area contributed by atoms with Crippen molar-refractivity contribution in [2.45, 2.75) is 40.0 Å². The van der Waals surface area contributed by atoms with E-state index in [0.29, 0.717) is 0 Å². The Kier molecular flexibility index (Phi) is 6.81. The third-order valence-corrected chi connectivity index (χ3v) is 3.41. The molecule has 1 rings (SSSR count). The molecule has 0 heterocycles. The molecule has 0 saturated heterocycles. The second-order valence-electron chi connectivity index (χ2n) is 5.10. The second kappa shape index (κ2) is 8.15. The van der Waals surface area contributed by atoms with Gasteiger partial charge in [0.2, 0.25) is 0 Å². The number of hydrogen-bond donors (Lipinski definition) is 1. The molecular formula is C16H27NO. The number of benzene rings is 1. The van der Waals surface area contributed by atoms with Gasteiger partial charge in [-0.2, -0.15) is 0 Å². The van der Waals surface area contributed by atoms with Gasteiger partial charge in [0.25, 0.3) is 0 Å². The van der Waals surface area contributed by atoms with Crippen LogP contribution >= 0.6 is 0 Å². The zero-order valence-electron chi connectivity index (χ0n) is 12.3. The van der Waals surface area contributed by atoms with Crippen molar-refractivity contribution in [3.05, 3.63) is 29.3 Å². The minimum Gasteiger partial charge on any atom is -0.496 e. The van der Waals surface area contributed by atoms with E-state index in [9.17, 15) is 0 Å². The fraction of sp³-hybridized carbons (Fsp3) is 0.625. The zero-order valence-corrected chi connectivity index (χ0v) is 12.3. The first-order valence-corrected chi connectivity index (χ1v) is 7.01. The first-order valence-electron chi connectivity index (χ1n) is 7.01. The Hall–Kier alpha value is -1.02. The summed E-state index contributed by atoms with van der Waals surface area (Å²) < 4.78 is 5.42. The van der Waals surface area contributed by atoms with Gasteiger partial charge in [-0.25, -0.2) is 0 Å². The lowest BCUT2D eigenvalue weighted by molar-refractivity contribution is 0.405. The van der Waals surface area contributed by atoms with Crippen LogP contribution in [0.25, 0.3) is 0 Å². The Balaban J connectivity index is 2.44. The van der Waals surface area contributed by atoms with E-state index in [1.807, 2.05) is 0 Å². The summed E-state index contributed by atoms with van der Waals surface area (Å²) in [4.78, 5) is 0. The van der Waals surface area contributed by atoms with Crippen LogP contribution < -0.4 is 10.1 Å². The summed E-state index contributed by atoms with van der Waals surface area (Å²) in [6, 6.07) is 6.43. The van der Waals surface area contributed by atoms with Crippen LogP contribution in [0.1, 0.15) is 37.8 Å². The number of aryl methyl sites for hydroxylation is 2. The van der Waals surface area contributed by atoms with E-state index >= 15 is 0 Å². The van der Waals surface area contributed by atoms with Crippen LogP contribution in [0.4, 0.5) is 0 Å². The van der Waals surface area contributed by atoms with Gasteiger partial charge in [-0.1, -0.05) is 31.5 Å². The average molecular weight is 249 g/mol. The predicted molar refractivity (Wildman–Crippen MR) is 78.4 cm³/mol. The number of nitrogens with one attached hydrogen (secondary N) is 1. The van der Waals surface area contributed by atoms with Gasteiger partial charge in [0.1, 0.15) is 5.75 Å². The van der Waals surface area contributed by atoms with Crippen LogP contribution in [0.3, 0.4) is 0 Å². The summed E-state index contributed by atoms with van der Waals surface area (Å²) >= 11 is 0. The zero-order chi connectivity index (χ0) is 13.4. The molecule has 0 spiro atoms. The molecule has 18 heavy (non-hydrogen) atoms. The highest BCUT2D eigenvalue weighted by Crippen LogP contribution is 2.23. The topological polar surface area (TPSA) is 21.3 Å². The van der Waals surface area contributed by atoms with Crippen LogP contribution in [0.5, 0.6) is 5.75 Å². The van der Waals surface area contributed by atoms with Gasteiger partial charge < -0.3 is 10.1 Å². The molecule has 102 valence electrons. The molecule has 0 aliphatic carbocycles. The fourth-order valence-corrected chi connectivity index (χ4v) is 2.17. The van der Waals surface area contributed by atoms with Crippen molar-refractivity contribution in [2.24, 2.45) is 5.92 Å². The molecule has 0 bridgehead atoms. The molecule has 1 aromatic rings. The summed E-state index contributed by atoms with van der Waals surface area (Å²) in [6.45, 7) is 8.82. The number of methoxy groups -OCH3 is 1. The van der Waals surface area contributed by atoms with E-state index in [1.165, 1.54) is 24.0 Å². The van der Waals surface area contributed by atoms with E-state index in [2.05, 4.69) is 44.3 Å². The molecule has 0 radical (unpaired) electrons. The number of rotatable bonds is 8. The molecule has 1 unspecified atom stereocenters. The van der Waals surface area contributed by atoms with Gasteiger partial charge in [0, 0.05) is 0 Å². The molecule has 0 aromatic heterocycles. The average Bonchev–Trinajstić information content (AvgIpc) is 2.37. The standard InChI is InChI=1S/C16H27NO/c1-5-17-11-10-13(2)6-8-15-12-14(3)7-9-16(15)18-4/h7,9,12-13,17H,5-6,8,10-11H2,1-4H3. The normalized spacial score (nSPS) is 12.4. The first-order chi connectivity index (χ1) is 8.67. The van der Waals surface area contributed by atoms with E-state index in [4.69, 9.17) is 4.74 Å². The van der Waals surface area contributed by atoms with Crippen LogP contribution in [0.2, 0.25) is 0 Å². The molecule has 1 atom stereocenters. The SMILES string of the molecule is CCNCCC(C)CCc1cc(C)ccc1OC. The van der Waals surface area contributed by atoms with Crippen LogP contribution in [0.15, 0.2) is 18.2 Å². The highest BCUT2D eigenvalue weighted by molar-refractivity contribution is 5.36. The summed E-state index contributed by atoms with van der Waals surface area (Å²) in [5.41, 5.74) is 2.65. The lowest BCUT2D eigenvalue weighted by Crippen LogP contribution is -2.16. The van der Waals surface area contributed by atoms with Gasteiger partial charge in [-0.15, -0.1) is 0 Å². The Morgan fingerprint density at radius 3 is 2.72 bits per heavy atom. The molecule has 1 aromatic carbocycles. The highest BCUT2D eigenvalue weighted by Gasteiger charge is 2.06. The summed E-state index contributed by atoms with van der Waals surface area (Å²) in [7, 11) is 1.75. The molecule has 0 fully saturated rings. The van der Waals surface area contributed by atoms with Crippen molar-refractivity contribution in [1.82, 2.24) is 5.32 Å². The van der Waals surface area contributed by atoms with Crippen molar-refractivity contribution in [2.75, 3.05) is 20.2 Å². The number of hydrogen-bond acceptors (Lipinski definition) is 2. The molecule has 2 nitrogen and oxygen atoms in total. The molecule has 0 aliphatic heterocycles. The Morgan fingerprint density at radius 1 is 1.28 bits per heavy atom. The second-order valence-corrected chi connectivity index (χ2v) is 5.10. The Morgan fingerprint density at radius 2 is 2.06 bits per heavy atom. The van der Waals surface area contributed by atoms with E-state index in [0.717, 1.165) is 31.2 Å². The van der Waals surface area contributed by atoms with Crippen molar-refractivity contribution >= 4 is 0 Å². The molecule has 2 heteroatoms. The van der Waals surface area contributed by atoms with Crippen molar-refractivity contribution in [1.29, 1.82) is 0 Å². The summed E-state index contributed by atoms with van der Waals surface area (Å²) in [6.07, 6.45) is 3.59. The van der Waals surface area contributed by atoms with Gasteiger partial charge in [-0.05, 0) is 56.8 Å². The van der Waals surface area contributed by atoms with Crippen molar-refractivity contribution < 1.29 is 4.74 Å². The van der Waals surface area contributed by atoms with E-state index in [-0.39, 0.29) is 0 Å². The summed E-state index contributed by atoms with van der Waals surface area (Å²) in [5, 5.41) is 3.38.